The van der Waals surface area contributed by atoms with E-state index >= 15 is 0 Å². The van der Waals surface area contributed by atoms with Gasteiger partial charge in [0.25, 0.3) is 0 Å². The molecule has 0 saturated carbocycles. The molecule has 1 unspecified atom stereocenters. The minimum Gasteiger partial charge on any atom is -0.462 e. The molecule has 57 heavy (non-hydrogen) atoms. The summed E-state index contributed by atoms with van der Waals surface area (Å²) in [4.78, 5) is 35.3. The Labute approximate surface area is 348 Å². The third-order valence-electron chi connectivity index (χ3n) is 9.22. The molecular formula is C46H83NO9P+. The summed E-state index contributed by atoms with van der Waals surface area (Å²) in [6.07, 6.45) is 42.2. The molecule has 0 radical (unpaired) electrons. The van der Waals surface area contributed by atoms with Crippen LogP contribution in [0.4, 0.5) is 0 Å². The number of unbranched alkanes of at least 4 members (excludes halogenated alkanes) is 15. The number of hydrogen-bond donors (Lipinski definition) is 2. The Kier molecular flexibility index (Phi) is 36.4. The van der Waals surface area contributed by atoms with E-state index in [2.05, 4.69) is 37.3 Å². The highest BCUT2D eigenvalue weighted by molar-refractivity contribution is 7.47. The van der Waals surface area contributed by atoms with Gasteiger partial charge in [-0.2, -0.15) is 0 Å². The minimum absolute atomic E-state index is 0.0156. The van der Waals surface area contributed by atoms with Gasteiger partial charge in [-0.3, -0.25) is 18.6 Å². The minimum atomic E-state index is -4.40. The molecule has 0 aromatic carbocycles. The second-order valence-electron chi connectivity index (χ2n) is 15.9. The number of aliphatic hydroxyl groups is 1. The molecule has 0 aliphatic carbocycles. The van der Waals surface area contributed by atoms with Crippen LogP contribution in [0.2, 0.25) is 0 Å². The van der Waals surface area contributed by atoms with Crippen molar-refractivity contribution in [2.45, 2.75) is 174 Å². The lowest BCUT2D eigenvalue weighted by Gasteiger charge is -2.24. The van der Waals surface area contributed by atoms with Crippen LogP contribution in [0.1, 0.15) is 162 Å². The van der Waals surface area contributed by atoms with Crippen LogP contribution in [0.25, 0.3) is 0 Å². The Balaban J connectivity index is 4.46. The van der Waals surface area contributed by atoms with Crippen LogP contribution in [0.15, 0.2) is 60.8 Å². The first-order valence-corrected chi connectivity index (χ1v) is 23.6. The van der Waals surface area contributed by atoms with Crippen molar-refractivity contribution in [3.8, 4) is 0 Å². The van der Waals surface area contributed by atoms with Gasteiger partial charge >= 0.3 is 19.8 Å². The van der Waals surface area contributed by atoms with E-state index < -0.39 is 32.5 Å². The number of phosphoric ester groups is 1. The lowest BCUT2D eigenvalue weighted by Crippen LogP contribution is -2.37. The van der Waals surface area contributed by atoms with Gasteiger partial charge in [-0.25, -0.2) is 4.57 Å². The van der Waals surface area contributed by atoms with Gasteiger partial charge in [-0.15, -0.1) is 0 Å². The molecule has 0 heterocycles. The van der Waals surface area contributed by atoms with Gasteiger partial charge < -0.3 is 24.0 Å². The number of hydrogen-bond acceptors (Lipinski definition) is 8. The summed E-state index contributed by atoms with van der Waals surface area (Å²) in [5.74, 6) is -0.886. The summed E-state index contributed by atoms with van der Waals surface area (Å²) >= 11 is 0. The first-order valence-electron chi connectivity index (χ1n) is 22.1. The van der Waals surface area contributed by atoms with Crippen molar-refractivity contribution in [3.05, 3.63) is 60.8 Å². The van der Waals surface area contributed by atoms with Crippen molar-refractivity contribution in [2.24, 2.45) is 0 Å². The monoisotopic (exact) mass is 825 g/mol. The molecule has 0 aliphatic heterocycles. The maximum absolute atomic E-state index is 12.7. The predicted molar refractivity (Wildman–Crippen MR) is 235 cm³/mol. The Bertz CT molecular complexity index is 1170. The maximum Gasteiger partial charge on any atom is 0.472 e. The van der Waals surface area contributed by atoms with E-state index in [0.717, 1.165) is 44.9 Å². The Morgan fingerprint density at radius 2 is 1.14 bits per heavy atom. The first kappa shape index (κ1) is 54.7. The van der Waals surface area contributed by atoms with Crippen LogP contribution in [0.3, 0.4) is 0 Å². The second-order valence-corrected chi connectivity index (χ2v) is 17.4. The Hall–Kier alpha value is -2.33. The number of rotatable bonds is 39. The van der Waals surface area contributed by atoms with E-state index in [1.165, 1.54) is 70.6 Å². The van der Waals surface area contributed by atoms with Crippen molar-refractivity contribution in [1.82, 2.24) is 0 Å². The zero-order chi connectivity index (χ0) is 42.3. The summed E-state index contributed by atoms with van der Waals surface area (Å²) < 4.78 is 34.2. The molecule has 0 aliphatic rings. The zero-order valence-electron chi connectivity index (χ0n) is 36.7. The molecule has 0 amide bonds. The zero-order valence-corrected chi connectivity index (χ0v) is 37.6. The third-order valence-corrected chi connectivity index (χ3v) is 10.2. The van der Waals surface area contributed by atoms with E-state index in [9.17, 15) is 24.2 Å². The average Bonchev–Trinajstić information content (AvgIpc) is 3.16. The van der Waals surface area contributed by atoms with Crippen molar-refractivity contribution in [2.75, 3.05) is 47.5 Å². The predicted octanol–water partition coefficient (Wildman–Crippen LogP) is 11.4. The summed E-state index contributed by atoms with van der Waals surface area (Å²) in [5.41, 5.74) is 0. The molecule has 11 heteroatoms. The Morgan fingerprint density at radius 3 is 1.68 bits per heavy atom. The number of carbonyl (C=O) groups excluding carboxylic acids is 2. The number of esters is 2. The molecule has 0 aromatic rings. The SMILES string of the molecule is CCCCCCCCCCCCCCCCCC(=O)O[C@H](COC(=O)CCC/C=C\C/C=C\C/C=C\C/C=C\C=C\[C@@H](O)CC)COP(=O)(O)OCC[N+](C)(C)C. The van der Waals surface area contributed by atoms with E-state index in [4.69, 9.17) is 18.5 Å². The smallest absolute Gasteiger partial charge is 0.462 e. The molecular weight excluding hydrogens is 741 g/mol. The van der Waals surface area contributed by atoms with Crippen molar-refractivity contribution >= 4 is 19.8 Å². The van der Waals surface area contributed by atoms with Gasteiger partial charge in [0.2, 0.25) is 0 Å². The highest BCUT2D eigenvalue weighted by atomic mass is 31.2. The Morgan fingerprint density at radius 1 is 0.632 bits per heavy atom. The number of carbonyl (C=O) groups is 2. The molecule has 0 rings (SSSR count). The third kappa shape index (κ3) is 41.6. The van der Waals surface area contributed by atoms with Gasteiger partial charge in [-0.1, -0.05) is 164 Å². The average molecular weight is 825 g/mol. The first-order chi connectivity index (χ1) is 27.4. The van der Waals surface area contributed by atoms with E-state index in [-0.39, 0.29) is 32.2 Å². The van der Waals surface area contributed by atoms with Gasteiger partial charge in [0.15, 0.2) is 6.10 Å². The van der Waals surface area contributed by atoms with Gasteiger partial charge in [0, 0.05) is 12.8 Å². The quantitative estimate of drug-likeness (QED) is 0.0155. The number of quaternary nitrogens is 1. The maximum atomic E-state index is 12.7. The lowest BCUT2D eigenvalue weighted by atomic mass is 10.0. The molecule has 0 aromatic heterocycles. The van der Waals surface area contributed by atoms with Crippen LogP contribution in [0.5, 0.6) is 0 Å². The molecule has 0 fully saturated rings. The number of ether oxygens (including phenoxy) is 2. The fourth-order valence-electron chi connectivity index (χ4n) is 5.59. The second kappa shape index (κ2) is 37.9. The topological polar surface area (TPSA) is 129 Å². The van der Waals surface area contributed by atoms with Crippen molar-refractivity contribution in [3.63, 3.8) is 0 Å². The van der Waals surface area contributed by atoms with E-state index in [1.54, 1.807) is 6.08 Å². The standard InChI is InChI=1S/C46H82NO9P/c1-6-8-9-10-11-12-13-14-15-20-23-26-29-32-35-38-46(50)56-44(42-55-57(51,52)54-40-39-47(3,4)5)41-53-45(49)37-34-31-28-25-22-19-17-16-18-21-24-27-30-33-36-43(48)7-2/h17-19,21,25,27-28,30,33,36,43-44,48H,6-16,20,22-24,26,29,31-32,34-35,37-42H2,1-5H3/p+1/b19-17-,21-18-,28-25-,30-27-,36-33+/t43-,44+/m0/s1. The highest BCUT2D eigenvalue weighted by Gasteiger charge is 2.27. The van der Waals surface area contributed by atoms with Crippen LogP contribution in [0, 0.1) is 0 Å². The molecule has 2 N–H and O–H groups in total. The van der Waals surface area contributed by atoms with Crippen LogP contribution >= 0.6 is 7.82 Å². The largest absolute Gasteiger partial charge is 0.472 e. The summed E-state index contributed by atoms with van der Waals surface area (Å²) in [6, 6.07) is 0. The highest BCUT2D eigenvalue weighted by Crippen LogP contribution is 2.43. The van der Waals surface area contributed by atoms with Crippen molar-refractivity contribution < 1.29 is 47.2 Å². The lowest BCUT2D eigenvalue weighted by molar-refractivity contribution is -0.870. The molecule has 330 valence electrons. The van der Waals surface area contributed by atoms with Crippen molar-refractivity contribution in [1.29, 1.82) is 0 Å². The van der Waals surface area contributed by atoms with Gasteiger partial charge in [-0.05, 0) is 44.9 Å². The summed E-state index contributed by atoms with van der Waals surface area (Å²) in [6.45, 7) is 4.01. The van der Waals surface area contributed by atoms with Gasteiger partial charge in [0.05, 0.1) is 33.9 Å². The molecule has 0 spiro atoms. The van der Waals surface area contributed by atoms with Crippen LogP contribution in [-0.4, -0.2) is 86.1 Å². The summed E-state index contributed by atoms with van der Waals surface area (Å²) in [7, 11) is 1.42. The van der Waals surface area contributed by atoms with Crippen LogP contribution in [-0.2, 0) is 32.7 Å². The number of nitrogens with zero attached hydrogens (tertiary/aromatic N) is 1. The number of aliphatic hydroxyl groups excluding tert-OH is 1. The van der Waals surface area contributed by atoms with E-state index in [0.29, 0.717) is 30.3 Å². The molecule has 3 atom stereocenters. The fourth-order valence-corrected chi connectivity index (χ4v) is 6.33. The molecule has 0 saturated heterocycles. The summed E-state index contributed by atoms with van der Waals surface area (Å²) in [5, 5.41) is 9.48. The molecule has 0 bridgehead atoms. The fraction of sp³-hybridized carbons (Fsp3) is 0.739. The van der Waals surface area contributed by atoms with Gasteiger partial charge in [0.1, 0.15) is 19.8 Å². The number of likely N-dealkylation sites (N-methyl/N-ethyl adjacent to an activating group) is 1. The molecule has 10 nitrogen and oxygen atoms in total. The van der Waals surface area contributed by atoms with E-state index in [1.807, 2.05) is 52.4 Å². The van der Waals surface area contributed by atoms with Crippen LogP contribution < -0.4 is 0 Å². The normalized spacial score (nSPS) is 14.7. The number of allylic oxidation sites excluding steroid dienone is 9. The number of phosphoric acid groups is 1.